The molecule has 1 amide bonds. The largest absolute Gasteiger partial charge is 0.454 e. The summed E-state index contributed by atoms with van der Waals surface area (Å²) in [6, 6.07) is 13.3. The average Bonchev–Trinajstić information content (AvgIpc) is 3.35. The molecule has 2 aromatic carbocycles. The minimum atomic E-state index is -0.185. The quantitative estimate of drug-likeness (QED) is 0.735. The number of carbonyl (C=O) groups excluding carboxylic acids is 1. The maximum absolute atomic E-state index is 12.4. The lowest BCUT2D eigenvalue weighted by Gasteiger charge is -2.24. The zero-order valence-corrected chi connectivity index (χ0v) is 16.3. The standard InChI is InChI=1S/C21H21ClN2O4/c1-2-21(25)24(11-14-4-3-5-16(22)8-14)12-17-10-18(23-28-17)15-6-7-19-20(9-15)27-13-26-19/h3-9,17H,2,10-13H2,1H3/t17-/m0/s1. The second-order valence-corrected chi connectivity index (χ2v) is 7.23. The van der Waals surface area contributed by atoms with E-state index in [4.69, 9.17) is 25.9 Å². The lowest BCUT2D eigenvalue weighted by molar-refractivity contribution is -0.133. The number of amides is 1. The van der Waals surface area contributed by atoms with Gasteiger partial charge in [-0.1, -0.05) is 35.8 Å². The molecule has 0 saturated carbocycles. The molecule has 0 bridgehead atoms. The fraction of sp³-hybridized carbons (Fsp3) is 0.333. The van der Waals surface area contributed by atoms with Crippen LogP contribution in [0.5, 0.6) is 11.5 Å². The number of hydrogen-bond acceptors (Lipinski definition) is 5. The van der Waals surface area contributed by atoms with Crippen LogP contribution in [0.3, 0.4) is 0 Å². The Labute approximate surface area is 168 Å². The van der Waals surface area contributed by atoms with E-state index in [2.05, 4.69) is 5.16 Å². The van der Waals surface area contributed by atoms with Crippen LogP contribution in [0.1, 0.15) is 30.9 Å². The van der Waals surface area contributed by atoms with Crippen LogP contribution in [0.25, 0.3) is 0 Å². The summed E-state index contributed by atoms with van der Waals surface area (Å²) < 4.78 is 10.8. The van der Waals surface area contributed by atoms with Gasteiger partial charge in [-0.2, -0.15) is 0 Å². The maximum atomic E-state index is 12.4. The van der Waals surface area contributed by atoms with Gasteiger partial charge < -0.3 is 19.2 Å². The summed E-state index contributed by atoms with van der Waals surface area (Å²) in [6.07, 6.45) is 0.876. The van der Waals surface area contributed by atoms with E-state index < -0.39 is 0 Å². The molecule has 0 fully saturated rings. The lowest BCUT2D eigenvalue weighted by Crippen LogP contribution is -2.36. The normalized spacial score (nSPS) is 17.2. The first-order valence-electron chi connectivity index (χ1n) is 9.27. The number of hydrogen-bond donors (Lipinski definition) is 0. The van der Waals surface area contributed by atoms with Crippen molar-refractivity contribution in [1.29, 1.82) is 0 Å². The topological polar surface area (TPSA) is 60.4 Å². The van der Waals surface area contributed by atoms with Gasteiger partial charge in [0.25, 0.3) is 0 Å². The van der Waals surface area contributed by atoms with Crippen molar-refractivity contribution in [3.8, 4) is 11.5 Å². The Bertz CT molecular complexity index is 915. The first kappa shape index (κ1) is 18.6. The fourth-order valence-corrected chi connectivity index (χ4v) is 3.57. The highest BCUT2D eigenvalue weighted by Gasteiger charge is 2.27. The van der Waals surface area contributed by atoms with Crippen molar-refractivity contribution in [2.24, 2.45) is 5.16 Å². The van der Waals surface area contributed by atoms with Crippen LogP contribution in [0.2, 0.25) is 5.02 Å². The van der Waals surface area contributed by atoms with Crippen molar-refractivity contribution in [1.82, 2.24) is 4.90 Å². The van der Waals surface area contributed by atoms with Gasteiger partial charge >= 0.3 is 0 Å². The molecule has 0 radical (unpaired) electrons. The number of oxime groups is 1. The zero-order valence-electron chi connectivity index (χ0n) is 15.6. The van der Waals surface area contributed by atoms with Crippen LogP contribution >= 0.6 is 11.6 Å². The third-order valence-corrected chi connectivity index (χ3v) is 5.02. The number of fused-ring (bicyclic) bond motifs is 1. The Balaban J connectivity index is 1.42. The first-order valence-corrected chi connectivity index (χ1v) is 9.65. The third kappa shape index (κ3) is 4.07. The smallest absolute Gasteiger partial charge is 0.231 e. The molecular weight excluding hydrogens is 380 g/mol. The van der Waals surface area contributed by atoms with Crippen LogP contribution in [0.15, 0.2) is 47.6 Å². The molecule has 7 heteroatoms. The van der Waals surface area contributed by atoms with E-state index in [9.17, 15) is 4.79 Å². The molecule has 0 aromatic heterocycles. The molecule has 6 nitrogen and oxygen atoms in total. The highest BCUT2D eigenvalue weighted by Crippen LogP contribution is 2.33. The molecule has 0 spiro atoms. The van der Waals surface area contributed by atoms with E-state index >= 15 is 0 Å². The van der Waals surface area contributed by atoms with E-state index in [1.807, 2.05) is 49.4 Å². The van der Waals surface area contributed by atoms with Crippen LogP contribution in [-0.4, -0.2) is 36.0 Å². The second kappa shape index (κ2) is 8.10. The van der Waals surface area contributed by atoms with Gasteiger partial charge in [-0.05, 0) is 35.9 Å². The van der Waals surface area contributed by atoms with Gasteiger partial charge in [0.2, 0.25) is 12.7 Å². The Hall–Kier alpha value is -2.73. The molecule has 1 atom stereocenters. The van der Waals surface area contributed by atoms with E-state index in [-0.39, 0.29) is 18.8 Å². The molecule has 0 aliphatic carbocycles. The molecular formula is C21H21ClN2O4. The van der Waals surface area contributed by atoms with Crippen LogP contribution in [-0.2, 0) is 16.2 Å². The molecule has 2 aliphatic heterocycles. The predicted molar refractivity (Wildman–Crippen MR) is 106 cm³/mol. The summed E-state index contributed by atoms with van der Waals surface area (Å²) in [6.45, 7) is 3.06. The predicted octanol–water partition coefficient (Wildman–Crippen LogP) is 4.00. The third-order valence-electron chi connectivity index (χ3n) is 4.78. The number of nitrogens with zero attached hydrogens (tertiary/aromatic N) is 2. The lowest BCUT2D eigenvalue weighted by atomic mass is 10.0. The average molecular weight is 401 g/mol. The maximum Gasteiger partial charge on any atom is 0.231 e. The van der Waals surface area contributed by atoms with Gasteiger partial charge in [-0.15, -0.1) is 0 Å². The van der Waals surface area contributed by atoms with E-state index in [0.717, 1.165) is 22.6 Å². The Kier molecular flexibility index (Phi) is 5.39. The van der Waals surface area contributed by atoms with Gasteiger partial charge in [-0.25, -0.2) is 0 Å². The summed E-state index contributed by atoms with van der Waals surface area (Å²) in [5.41, 5.74) is 2.77. The number of benzene rings is 2. The molecule has 28 heavy (non-hydrogen) atoms. The summed E-state index contributed by atoms with van der Waals surface area (Å²) >= 11 is 6.07. The van der Waals surface area contributed by atoms with E-state index in [0.29, 0.717) is 36.7 Å². The number of carbonyl (C=O) groups is 1. The summed E-state index contributed by atoms with van der Waals surface area (Å²) in [7, 11) is 0. The molecule has 2 heterocycles. The summed E-state index contributed by atoms with van der Waals surface area (Å²) in [5, 5.41) is 4.89. The summed E-state index contributed by atoms with van der Waals surface area (Å²) in [5.74, 6) is 1.52. The van der Waals surface area contributed by atoms with Crippen LogP contribution < -0.4 is 9.47 Å². The minimum absolute atomic E-state index is 0.0695. The van der Waals surface area contributed by atoms with Gasteiger partial charge in [-0.3, -0.25) is 4.79 Å². The van der Waals surface area contributed by atoms with Crippen molar-refractivity contribution < 1.29 is 19.1 Å². The number of halogens is 1. The molecule has 146 valence electrons. The van der Waals surface area contributed by atoms with Crippen molar-refractivity contribution in [3.63, 3.8) is 0 Å². The molecule has 4 rings (SSSR count). The highest BCUT2D eigenvalue weighted by atomic mass is 35.5. The highest BCUT2D eigenvalue weighted by molar-refractivity contribution is 6.30. The van der Waals surface area contributed by atoms with Crippen molar-refractivity contribution in [2.75, 3.05) is 13.3 Å². The zero-order chi connectivity index (χ0) is 19.5. The van der Waals surface area contributed by atoms with Crippen molar-refractivity contribution >= 4 is 23.2 Å². The van der Waals surface area contributed by atoms with Gasteiger partial charge in [0, 0.05) is 30.0 Å². The van der Waals surface area contributed by atoms with Crippen LogP contribution in [0.4, 0.5) is 0 Å². The van der Waals surface area contributed by atoms with Crippen molar-refractivity contribution in [3.05, 3.63) is 58.6 Å². The molecule has 2 aliphatic rings. The van der Waals surface area contributed by atoms with Gasteiger partial charge in [0.05, 0.1) is 12.3 Å². The van der Waals surface area contributed by atoms with E-state index in [1.165, 1.54) is 0 Å². The molecule has 0 saturated heterocycles. The Morgan fingerprint density at radius 1 is 1.21 bits per heavy atom. The number of rotatable bonds is 6. The minimum Gasteiger partial charge on any atom is -0.454 e. The summed E-state index contributed by atoms with van der Waals surface area (Å²) in [4.78, 5) is 19.9. The number of ether oxygens (including phenoxy) is 2. The first-order chi connectivity index (χ1) is 13.6. The van der Waals surface area contributed by atoms with Crippen LogP contribution in [0, 0.1) is 0 Å². The Morgan fingerprint density at radius 2 is 2.07 bits per heavy atom. The molecule has 0 unspecified atom stereocenters. The van der Waals surface area contributed by atoms with Crippen molar-refractivity contribution in [2.45, 2.75) is 32.4 Å². The van der Waals surface area contributed by atoms with E-state index in [1.54, 1.807) is 4.90 Å². The molecule has 0 N–H and O–H groups in total. The van der Waals surface area contributed by atoms with Gasteiger partial charge in [0.15, 0.2) is 17.6 Å². The Morgan fingerprint density at radius 3 is 2.89 bits per heavy atom. The van der Waals surface area contributed by atoms with Gasteiger partial charge in [0.1, 0.15) is 0 Å². The monoisotopic (exact) mass is 400 g/mol. The SMILES string of the molecule is CCC(=O)N(Cc1cccc(Cl)c1)C[C@@H]1CC(c2ccc3c(c2)OCO3)=NO1. The fourth-order valence-electron chi connectivity index (χ4n) is 3.35. The second-order valence-electron chi connectivity index (χ2n) is 6.80. The molecule has 2 aromatic rings.